The van der Waals surface area contributed by atoms with E-state index in [0.717, 1.165) is 10.6 Å². The van der Waals surface area contributed by atoms with Crippen molar-refractivity contribution in [1.82, 2.24) is 0 Å². The van der Waals surface area contributed by atoms with Gasteiger partial charge in [0.25, 0.3) is 5.91 Å². The fraction of sp³-hybridized carbons (Fsp3) is 0.176. The maximum absolute atomic E-state index is 12.6. The summed E-state index contributed by atoms with van der Waals surface area (Å²) >= 11 is 5.94. The van der Waals surface area contributed by atoms with Gasteiger partial charge in [-0.3, -0.25) is 13.9 Å². The van der Waals surface area contributed by atoms with Gasteiger partial charge in [0.15, 0.2) is 6.10 Å². The van der Waals surface area contributed by atoms with Crippen molar-refractivity contribution in [2.75, 3.05) is 22.4 Å². The summed E-state index contributed by atoms with van der Waals surface area (Å²) in [4.78, 5) is 23.7. The Morgan fingerprint density at radius 1 is 1.22 bits per heavy atom. The Bertz CT molecular complexity index is 1010. The summed E-state index contributed by atoms with van der Waals surface area (Å²) in [5, 5.41) is 2.98. The van der Waals surface area contributed by atoms with Gasteiger partial charge in [0, 0.05) is 16.3 Å². The SMILES string of the molecule is CS(=O)(=O)N1CC(C(=O)Nc2ccc(C(N)=O)cc2)Oc2ccc(Cl)cc21. The third kappa shape index (κ3) is 4.15. The second-order valence-electron chi connectivity index (χ2n) is 5.94. The highest BCUT2D eigenvalue weighted by atomic mass is 35.5. The Labute approximate surface area is 160 Å². The van der Waals surface area contributed by atoms with E-state index >= 15 is 0 Å². The Hall–Kier alpha value is -2.78. The maximum Gasteiger partial charge on any atom is 0.267 e. The highest BCUT2D eigenvalue weighted by Crippen LogP contribution is 2.37. The summed E-state index contributed by atoms with van der Waals surface area (Å²) in [6, 6.07) is 10.5. The minimum atomic E-state index is -3.65. The van der Waals surface area contributed by atoms with Crippen LogP contribution in [0.5, 0.6) is 5.75 Å². The van der Waals surface area contributed by atoms with Crippen molar-refractivity contribution in [3.63, 3.8) is 0 Å². The Kier molecular flexibility index (Phi) is 4.99. The fourth-order valence-corrected chi connectivity index (χ4v) is 3.69. The number of amides is 2. The molecule has 0 saturated carbocycles. The number of rotatable bonds is 4. The van der Waals surface area contributed by atoms with Crippen LogP contribution in [-0.4, -0.2) is 39.1 Å². The number of halogens is 1. The summed E-state index contributed by atoms with van der Waals surface area (Å²) in [5.41, 5.74) is 6.17. The molecule has 0 aliphatic carbocycles. The van der Waals surface area contributed by atoms with Gasteiger partial charge in [-0.25, -0.2) is 8.42 Å². The molecule has 1 heterocycles. The Morgan fingerprint density at radius 3 is 2.48 bits per heavy atom. The number of nitrogens with two attached hydrogens (primary N) is 1. The van der Waals surface area contributed by atoms with Crippen molar-refractivity contribution in [3.8, 4) is 5.75 Å². The second kappa shape index (κ2) is 7.09. The number of fused-ring (bicyclic) bond motifs is 1. The van der Waals surface area contributed by atoms with Crippen molar-refractivity contribution in [1.29, 1.82) is 0 Å². The van der Waals surface area contributed by atoms with E-state index in [1.54, 1.807) is 6.07 Å². The molecule has 2 amide bonds. The molecular weight excluding hydrogens is 394 g/mol. The molecule has 27 heavy (non-hydrogen) atoms. The van der Waals surface area contributed by atoms with Gasteiger partial charge in [-0.15, -0.1) is 0 Å². The van der Waals surface area contributed by atoms with E-state index in [9.17, 15) is 18.0 Å². The monoisotopic (exact) mass is 409 g/mol. The van der Waals surface area contributed by atoms with Gasteiger partial charge in [-0.2, -0.15) is 0 Å². The lowest BCUT2D eigenvalue weighted by molar-refractivity contribution is -0.122. The summed E-state index contributed by atoms with van der Waals surface area (Å²) in [5.74, 6) is -0.876. The highest BCUT2D eigenvalue weighted by Gasteiger charge is 2.35. The first-order valence-electron chi connectivity index (χ1n) is 7.80. The molecule has 8 nitrogen and oxygen atoms in total. The number of ether oxygens (including phenoxy) is 1. The lowest BCUT2D eigenvalue weighted by Crippen LogP contribution is -2.48. The minimum absolute atomic E-state index is 0.197. The lowest BCUT2D eigenvalue weighted by Gasteiger charge is -2.34. The van der Waals surface area contributed by atoms with Crippen molar-refractivity contribution in [3.05, 3.63) is 53.1 Å². The lowest BCUT2D eigenvalue weighted by atomic mass is 10.2. The molecule has 1 atom stereocenters. The van der Waals surface area contributed by atoms with Gasteiger partial charge < -0.3 is 15.8 Å². The molecule has 0 radical (unpaired) electrons. The first-order valence-corrected chi connectivity index (χ1v) is 10.0. The normalized spacial score (nSPS) is 16.2. The number of sulfonamides is 1. The van der Waals surface area contributed by atoms with Gasteiger partial charge in [0.1, 0.15) is 5.75 Å². The topological polar surface area (TPSA) is 119 Å². The van der Waals surface area contributed by atoms with E-state index in [1.807, 2.05) is 0 Å². The zero-order valence-corrected chi connectivity index (χ0v) is 15.8. The zero-order valence-electron chi connectivity index (χ0n) is 14.2. The number of primary amides is 1. The van der Waals surface area contributed by atoms with Gasteiger partial charge in [0.2, 0.25) is 15.9 Å². The van der Waals surface area contributed by atoms with Crippen LogP contribution in [0.25, 0.3) is 0 Å². The molecule has 0 fully saturated rings. The predicted octanol–water partition coefficient (Wildman–Crippen LogP) is 1.60. The van der Waals surface area contributed by atoms with Crippen LogP contribution < -0.4 is 20.1 Å². The molecule has 3 N–H and O–H groups in total. The standard InChI is InChI=1S/C17H16ClN3O5S/c1-27(24,25)21-9-15(26-14-7-4-11(18)8-13(14)21)17(23)20-12-5-2-10(3-6-12)16(19)22/h2-8,15H,9H2,1H3,(H2,19,22)(H,20,23). The molecule has 3 rings (SSSR count). The molecule has 1 aliphatic heterocycles. The van der Waals surface area contributed by atoms with Crippen LogP contribution in [0.3, 0.4) is 0 Å². The number of hydrogen-bond donors (Lipinski definition) is 2. The second-order valence-corrected chi connectivity index (χ2v) is 8.29. The average Bonchev–Trinajstić information content (AvgIpc) is 2.60. The highest BCUT2D eigenvalue weighted by molar-refractivity contribution is 7.92. The third-order valence-electron chi connectivity index (χ3n) is 3.92. The number of carbonyl (C=O) groups excluding carboxylic acids is 2. The van der Waals surface area contributed by atoms with Crippen molar-refractivity contribution < 1.29 is 22.7 Å². The number of hydrogen-bond acceptors (Lipinski definition) is 5. The average molecular weight is 410 g/mol. The fourth-order valence-electron chi connectivity index (χ4n) is 2.62. The molecule has 1 unspecified atom stereocenters. The van der Waals surface area contributed by atoms with Crippen molar-refractivity contribution >= 4 is 44.8 Å². The van der Waals surface area contributed by atoms with E-state index in [4.69, 9.17) is 22.1 Å². The van der Waals surface area contributed by atoms with E-state index < -0.39 is 27.9 Å². The third-order valence-corrected chi connectivity index (χ3v) is 5.30. The van der Waals surface area contributed by atoms with E-state index in [2.05, 4.69) is 5.32 Å². The summed E-state index contributed by atoms with van der Waals surface area (Å²) in [7, 11) is -3.65. The van der Waals surface area contributed by atoms with Crippen LogP contribution in [-0.2, 0) is 14.8 Å². The van der Waals surface area contributed by atoms with Crippen LogP contribution in [0.1, 0.15) is 10.4 Å². The first kappa shape index (κ1) is 19.0. The van der Waals surface area contributed by atoms with Crippen LogP contribution in [0, 0.1) is 0 Å². The molecular formula is C17H16ClN3O5S. The summed E-state index contributed by atoms with van der Waals surface area (Å²) in [6.45, 7) is -0.197. The minimum Gasteiger partial charge on any atom is -0.476 e. The molecule has 0 spiro atoms. The van der Waals surface area contributed by atoms with Gasteiger partial charge in [-0.1, -0.05) is 11.6 Å². The number of carbonyl (C=O) groups is 2. The van der Waals surface area contributed by atoms with Crippen molar-refractivity contribution in [2.45, 2.75) is 6.10 Å². The quantitative estimate of drug-likeness (QED) is 0.795. The molecule has 142 valence electrons. The van der Waals surface area contributed by atoms with E-state index in [-0.39, 0.29) is 18.0 Å². The maximum atomic E-state index is 12.6. The summed E-state index contributed by atoms with van der Waals surface area (Å²) < 4.78 is 31.0. The Morgan fingerprint density at radius 2 is 1.89 bits per heavy atom. The smallest absolute Gasteiger partial charge is 0.267 e. The van der Waals surface area contributed by atoms with Gasteiger partial charge in [-0.05, 0) is 42.5 Å². The number of nitrogens with one attached hydrogen (secondary N) is 1. The molecule has 0 bridgehead atoms. The zero-order chi connectivity index (χ0) is 19.8. The van der Waals surface area contributed by atoms with E-state index in [1.165, 1.54) is 36.4 Å². The van der Waals surface area contributed by atoms with Crippen LogP contribution >= 0.6 is 11.6 Å². The molecule has 10 heteroatoms. The van der Waals surface area contributed by atoms with Gasteiger partial charge >= 0.3 is 0 Å². The first-order chi connectivity index (χ1) is 12.6. The van der Waals surface area contributed by atoms with E-state index in [0.29, 0.717) is 16.3 Å². The van der Waals surface area contributed by atoms with Crippen LogP contribution in [0.4, 0.5) is 11.4 Å². The van der Waals surface area contributed by atoms with Crippen molar-refractivity contribution in [2.24, 2.45) is 5.73 Å². The number of anilines is 2. The van der Waals surface area contributed by atoms with Crippen LogP contribution in [0.2, 0.25) is 5.02 Å². The molecule has 2 aromatic carbocycles. The molecule has 1 aliphatic rings. The van der Waals surface area contributed by atoms with Crippen LogP contribution in [0.15, 0.2) is 42.5 Å². The molecule has 0 saturated heterocycles. The largest absolute Gasteiger partial charge is 0.476 e. The predicted molar refractivity (Wildman–Crippen MR) is 102 cm³/mol. The Balaban J connectivity index is 1.83. The summed E-state index contributed by atoms with van der Waals surface area (Å²) in [6.07, 6.45) is -0.0234. The molecule has 2 aromatic rings. The number of benzene rings is 2. The van der Waals surface area contributed by atoms with Gasteiger partial charge in [0.05, 0.1) is 18.5 Å². The number of nitrogens with zero attached hydrogens (tertiary/aromatic N) is 1. The molecule has 0 aromatic heterocycles.